The number of rotatable bonds is 4. The fourth-order valence-corrected chi connectivity index (χ4v) is 3.08. The molecule has 1 unspecified atom stereocenters. The number of carbonyl (C=O) groups excluding carboxylic acids is 1. The van der Waals surface area contributed by atoms with Gasteiger partial charge in [-0.05, 0) is 42.3 Å². The number of methoxy groups -OCH3 is 1. The first-order valence-electron chi connectivity index (χ1n) is 7.62. The molecule has 0 saturated heterocycles. The molecule has 4 nitrogen and oxygen atoms in total. The van der Waals surface area contributed by atoms with Crippen molar-refractivity contribution in [2.75, 3.05) is 20.2 Å². The fraction of sp³-hybridized carbons (Fsp3) is 0.278. The number of benzene rings is 2. The number of nitrogens with one attached hydrogen (secondary N) is 2. The Morgan fingerprint density at radius 3 is 3.00 bits per heavy atom. The second-order valence-corrected chi connectivity index (χ2v) is 5.95. The summed E-state index contributed by atoms with van der Waals surface area (Å²) in [6, 6.07) is 13.5. The summed E-state index contributed by atoms with van der Waals surface area (Å²) in [7, 11) is 1.53. The van der Waals surface area contributed by atoms with Crippen molar-refractivity contribution in [3.8, 4) is 5.75 Å². The van der Waals surface area contributed by atoms with E-state index in [-0.39, 0.29) is 11.9 Å². The van der Waals surface area contributed by atoms with Crippen molar-refractivity contribution < 1.29 is 9.53 Å². The van der Waals surface area contributed by atoms with Crippen LogP contribution < -0.4 is 15.4 Å². The number of ether oxygens (including phenoxy) is 1. The van der Waals surface area contributed by atoms with Crippen molar-refractivity contribution in [3.63, 3.8) is 0 Å². The zero-order valence-corrected chi connectivity index (χ0v) is 13.7. The number of amides is 1. The third-order valence-corrected chi connectivity index (χ3v) is 4.33. The van der Waals surface area contributed by atoms with Crippen molar-refractivity contribution in [2.24, 2.45) is 0 Å². The molecule has 2 aromatic rings. The van der Waals surface area contributed by atoms with Crippen LogP contribution in [0.3, 0.4) is 0 Å². The van der Waals surface area contributed by atoms with Gasteiger partial charge in [0.1, 0.15) is 5.75 Å². The lowest BCUT2D eigenvalue weighted by molar-refractivity contribution is 0.0946. The SMILES string of the molecule is COc1cc(Cl)ccc1C(=O)NCC1NCCc2ccccc21. The van der Waals surface area contributed by atoms with Gasteiger partial charge in [0, 0.05) is 17.6 Å². The number of hydrogen-bond donors (Lipinski definition) is 2. The van der Waals surface area contributed by atoms with E-state index >= 15 is 0 Å². The van der Waals surface area contributed by atoms with Gasteiger partial charge in [0.05, 0.1) is 12.7 Å². The zero-order chi connectivity index (χ0) is 16.2. The lowest BCUT2D eigenvalue weighted by Crippen LogP contribution is -2.38. The van der Waals surface area contributed by atoms with Crippen LogP contribution in [-0.4, -0.2) is 26.1 Å². The van der Waals surface area contributed by atoms with Gasteiger partial charge in [-0.2, -0.15) is 0 Å². The number of carbonyl (C=O) groups is 1. The molecule has 1 atom stereocenters. The Balaban J connectivity index is 1.71. The van der Waals surface area contributed by atoms with Gasteiger partial charge in [0.25, 0.3) is 5.91 Å². The van der Waals surface area contributed by atoms with Crippen LogP contribution in [-0.2, 0) is 6.42 Å². The molecular formula is C18H19ClN2O2. The van der Waals surface area contributed by atoms with Crippen LogP contribution in [0.5, 0.6) is 5.75 Å². The molecule has 1 aliphatic heterocycles. The van der Waals surface area contributed by atoms with Gasteiger partial charge in [0.15, 0.2) is 0 Å². The first-order chi connectivity index (χ1) is 11.2. The van der Waals surface area contributed by atoms with E-state index in [2.05, 4.69) is 28.8 Å². The molecular weight excluding hydrogens is 312 g/mol. The van der Waals surface area contributed by atoms with Gasteiger partial charge in [0.2, 0.25) is 0 Å². The van der Waals surface area contributed by atoms with Crippen LogP contribution in [0.2, 0.25) is 5.02 Å². The summed E-state index contributed by atoms with van der Waals surface area (Å²) < 4.78 is 5.23. The molecule has 1 heterocycles. The molecule has 1 aliphatic rings. The minimum Gasteiger partial charge on any atom is -0.496 e. The lowest BCUT2D eigenvalue weighted by atomic mass is 9.94. The average Bonchev–Trinajstić information content (AvgIpc) is 2.59. The monoisotopic (exact) mass is 330 g/mol. The molecule has 0 aliphatic carbocycles. The smallest absolute Gasteiger partial charge is 0.255 e. The van der Waals surface area contributed by atoms with Crippen LogP contribution >= 0.6 is 11.6 Å². The second kappa shape index (κ2) is 7.02. The maximum Gasteiger partial charge on any atom is 0.255 e. The molecule has 0 aromatic heterocycles. The van der Waals surface area contributed by atoms with Crippen LogP contribution in [0.25, 0.3) is 0 Å². The van der Waals surface area contributed by atoms with Gasteiger partial charge in [-0.15, -0.1) is 0 Å². The Hall–Kier alpha value is -2.04. The first kappa shape index (κ1) is 15.8. The number of hydrogen-bond acceptors (Lipinski definition) is 3. The van der Waals surface area contributed by atoms with E-state index in [0.717, 1.165) is 13.0 Å². The standard InChI is InChI=1S/C18H19ClN2O2/c1-23-17-10-13(19)6-7-15(17)18(22)21-11-16-14-5-3-2-4-12(14)8-9-20-16/h2-7,10,16,20H,8-9,11H2,1H3,(H,21,22). The number of halogens is 1. The summed E-state index contributed by atoms with van der Waals surface area (Å²) in [6.07, 6.45) is 1.02. The topological polar surface area (TPSA) is 50.4 Å². The highest BCUT2D eigenvalue weighted by molar-refractivity contribution is 6.30. The van der Waals surface area contributed by atoms with Crippen LogP contribution in [0.4, 0.5) is 0 Å². The summed E-state index contributed by atoms with van der Waals surface area (Å²) in [5.74, 6) is 0.315. The number of fused-ring (bicyclic) bond motifs is 1. The lowest BCUT2D eigenvalue weighted by Gasteiger charge is -2.27. The molecule has 0 fully saturated rings. The minimum absolute atomic E-state index is 0.127. The van der Waals surface area contributed by atoms with Gasteiger partial charge in [-0.3, -0.25) is 4.79 Å². The first-order valence-corrected chi connectivity index (χ1v) is 8.00. The predicted octanol–water partition coefficient (Wildman–Crippen LogP) is 2.97. The quantitative estimate of drug-likeness (QED) is 0.906. The van der Waals surface area contributed by atoms with Crippen molar-refractivity contribution in [1.82, 2.24) is 10.6 Å². The average molecular weight is 331 g/mol. The van der Waals surface area contributed by atoms with Gasteiger partial charge in [-0.1, -0.05) is 35.9 Å². The van der Waals surface area contributed by atoms with Crippen LogP contribution in [0.15, 0.2) is 42.5 Å². The van der Waals surface area contributed by atoms with E-state index in [4.69, 9.17) is 16.3 Å². The predicted molar refractivity (Wildman–Crippen MR) is 91.2 cm³/mol. The largest absolute Gasteiger partial charge is 0.496 e. The molecule has 5 heteroatoms. The van der Waals surface area contributed by atoms with E-state index in [1.807, 2.05) is 6.07 Å². The van der Waals surface area contributed by atoms with Crippen molar-refractivity contribution >= 4 is 17.5 Å². The van der Waals surface area contributed by atoms with E-state index in [1.165, 1.54) is 18.2 Å². The highest BCUT2D eigenvalue weighted by atomic mass is 35.5. The molecule has 2 aromatic carbocycles. The van der Waals surface area contributed by atoms with E-state index in [0.29, 0.717) is 22.9 Å². The molecule has 120 valence electrons. The summed E-state index contributed by atoms with van der Waals surface area (Å²) in [4.78, 5) is 12.4. The van der Waals surface area contributed by atoms with Crippen molar-refractivity contribution in [1.29, 1.82) is 0 Å². The maximum atomic E-state index is 12.4. The third kappa shape index (κ3) is 3.49. The summed E-state index contributed by atoms with van der Waals surface area (Å²) in [5.41, 5.74) is 3.08. The Kier molecular flexibility index (Phi) is 4.84. The van der Waals surface area contributed by atoms with E-state index in [9.17, 15) is 4.79 Å². The summed E-state index contributed by atoms with van der Waals surface area (Å²) in [6.45, 7) is 1.45. The Morgan fingerprint density at radius 2 is 2.17 bits per heavy atom. The van der Waals surface area contributed by atoms with E-state index in [1.54, 1.807) is 18.2 Å². The molecule has 2 N–H and O–H groups in total. The Bertz CT molecular complexity index is 718. The highest BCUT2D eigenvalue weighted by Crippen LogP contribution is 2.24. The summed E-state index contributed by atoms with van der Waals surface area (Å²) in [5, 5.41) is 6.97. The zero-order valence-electron chi connectivity index (χ0n) is 12.9. The Morgan fingerprint density at radius 1 is 1.35 bits per heavy atom. The highest BCUT2D eigenvalue weighted by Gasteiger charge is 2.20. The molecule has 23 heavy (non-hydrogen) atoms. The molecule has 0 saturated carbocycles. The van der Waals surface area contributed by atoms with Gasteiger partial charge >= 0.3 is 0 Å². The normalized spacial score (nSPS) is 16.5. The maximum absolute atomic E-state index is 12.4. The molecule has 0 spiro atoms. The van der Waals surface area contributed by atoms with E-state index < -0.39 is 0 Å². The van der Waals surface area contributed by atoms with Crippen LogP contribution in [0, 0.1) is 0 Å². The molecule has 1 amide bonds. The molecule has 3 rings (SSSR count). The Labute approximate surface area is 140 Å². The molecule has 0 bridgehead atoms. The summed E-state index contributed by atoms with van der Waals surface area (Å²) >= 11 is 5.93. The van der Waals surface area contributed by atoms with Gasteiger partial charge < -0.3 is 15.4 Å². The van der Waals surface area contributed by atoms with Gasteiger partial charge in [-0.25, -0.2) is 0 Å². The second-order valence-electron chi connectivity index (χ2n) is 5.51. The third-order valence-electron chi connectivity index (χ3n) is 4.09. The van der Waals surface area contributed by atoms with Crippen molar-refractivity contribution in [3.05, 3.63) is 64.2 Å². The molecule has 0 radical (unpaired) electrons. The van der Waals surface area contributed by atoms with Crippen LogP contribution in [0.1, 0.15) is 27.5 Å². The van der Waals surface area contributed by atoms with Crippen molar-refractivity contribution in [2.45, 2.75) is 12.5 Å². The fourth-order valence-electron chi connectivity index (χ4n) is 2.92. The minimum atomic E-state index is -0.164.